The molecule has 0 saturated heterocycles. The normalized spacial score (nSPS) is 12.8. The molecule has 1 N–H and O–H groups in total. The monoisotopic (exact) mass is 385 g/mol. The van der Waals surface area contributed by atoms with Crippen molar-refractivity contribution >= 4 is 16.4 Å². The van der Waals surface area contributed by atoms with E-state index < -0.39 is 0 Å². The van der Waals surface area contributed by atoms with Crippen LogP contribution in [0.2, 0.25) is 0 Å². The van der Waals surface area contributed by atoms with E-state index in [1.165, 1.54) is 33.1 Å². The molecule has 0 aliphatic rings. The molecule has 2 heteroatoms. The van der Waals surface area contributed by atoms with Gasteiger partial charge >= 0.3 is 0 Å². The number of hydrogen-bond acceptors (Lipinski definition) is 1. The molecule has 2 aromatic carbocycles. The van der Waals surface area contributed by atoms with E-state index in [4.69, 9.17) is 0 Å². The number of rotatable bonds is 1. The van der Waals surface area contributed by atoms with Crippen LogP contribution in [-0.4, -0.2) is 9.51 Å². The maximum Gasteiger partial charge on any atom is 0.123 e. The number of hydrogen-bond donors (Lipinski definition) is 1. The van der Waals surface area contributed by atoms with Crippen molar-refractivity contribution in [2.24, 2.45) is 0 Å². The third kappa shape index (κ3) is 3.21. The summed E-state index contributed by atoms with van der Waals surface area (Å²) in [7, 11) is 0. The van der Waals surface area contributed by atoms with Gasteiger partial charge in [-0.2, -0.15) is 0 Å². The van der Waals surface area contributed by atoms with Gasteiger partial charge in [0.05, 0.1) is 11.0 Å². The number of nitrogens with zero attached hydrogens (tertiary/aromatic N) is 1. The summed E-state index contributed by atoms with van der Waals surface area (Å²) >= 11 is 0. The average Bonchev–Trinajstić information content (AvgIpc) is 2.94. The van der Waals surface area contributed by atoms with Crippen LogP contribution >= 0.6 is 0 Å². The highest BCUT2D eigenvalue weighted by Gasteiger charge is 2.28. The maximum atomic E-state index is 11.1. The van der Waals surface area contributed by atoms with E-state index in [2.05, 4.69) is 108 Å². The van der Waals surface area contributed by atoms with E-state index in [9.17, 15) is 5.11 Å². The van der Waals surface area contributed by atoms with Crippen LogP contribution < -0.4 is 0 Å². The highest BCUT2D eigenvalue weighted by Crippen LogP contribution is 2.44. The predicted molar refractivity (Wildman–Crippen MR) is 124 cm³/mol. The number of pyridine rings is 1. The SMILES string of the molecule is Cc1ccc2c(-c3cc(C(C)(C)C)c(O)c(C(C)(C)C)c3)c3ccccn3c2c1. The lowest BCUT2D eigenvalue weighted by atomic mass is 9.77. The van der Waals surface area contributed by atoms with Crippen LogP contribution in [0.4, 0.5) is 0 Å². The van der Waals surface area contributed by atoms with Crippen LogP contribution in [-0.2, 0) is 10.8 Å². The molecule has 0 unspecified atom stereocenters. The lowest BCUT2D eigenvalue weighted by Gasteiger charge is -2.28. The zero-order chi connectivity index (χ0) is 21.1. The summed E-state index contributed by atoms with van der Waals surface area (Å²) in [5, 5.41) is 12.4. The minimum atomic E-state index is -0.151. The zero-order valence-corrected chi connectivity index (χ0v) is 18.6. The van der Waals surface area contributed by atoms with Gasteiger partial charge in [-0.05, 0) is 59.2 Å². The van der Waals surface area contributed by atoms with E-state index in [-0.39, 0.29) is 10.8 Å². The average molecular weight is 386 g/mol. The number of aromatic hydroxyl groups is 1. The molecule has 2 aromatic heterocycles. The number of aryl methyl sites for hydroxylation is 1. The van der Waals surface area contributed by atoms with Gasteiger partial charge in [0, 0.05) is 28.3 Å². The molecule has 0 saturated carbocycles. The van der Waals surface area contributed by atoms with Crippen LogP contribution in [0.15, 0.2) is 54.7 Å². The lowest BCUT2D eigenvalue weighted by Crippen LogP contribution is -2.17. The zero-order valence-electron chi connectivity index (χ0n) is 18.6. The number of fused-ring (bicyclic) bond motifs is 3. The Morgan fingerprint density at radius 2 is 1.38 bits per heavy atom. The molecular formula is C27H31NO. The van der Waals surface area contributed by atoms with Crippen molar-refractivity contribution in [2.75, 3.05) is 0 Å². The Morgan fingerprint density at radius 1 is 0.759 bits per heavy atom. The largest absolute Gasteiger partial charge is 0.507 e. The van der Waals surface area contributed by atoms with Crippen molar-refractivity contribution < 1.29 is 5.11 Å². The van der Waals surface area contributed by atoms with Crippen molar-refractivity contribution in [3.63, 3.8) is 0 Å². The third-order valence-electron chi connectivity index (χ3n) is 5.81. The van der Waals surface area contributed by atoms with Gasteiger partial charge in [0.1, 0.15) is 5.75 Å². The number of phenols is 1. The molecule has 4 aromatic rings. The molecule has 0 aliphatic heterocycles. The first kappa shape index (κ1) is 19.6. The van der Waals surface area contributed by atoms with Gasteiger partial charge in [0.15, 0.2) is 0 Å². The molecule has 2 heterocycles. The third-order valence-corrected chi connectivity index (χ3v) is 5.81. The maximum absolute atomic E-state index is 11.1. The van der Waals surface area contributed by atoms with Crippen LogP contribution in [0.1, 0.15) is 58.2 Å². The lowest BCUT2D eigenvalue weighted by molar-refractivity contribution is 0.423. The Morgan fingerprint density at radius 3 is 1.97 bits per heavy atom. The number of benzene rings is 2. The highest BCUT2D eigenvalue weighted by atomic mass is 16.3. The summed E-state index contributed by atoms with van der Waals surface area (Å²) in [5.41, 5.74) is 7.76. The van der Waals surface area contributed by atoms with Gasteiger partial charge in [-0.25, -0.2) is 0 Å². The summed E-state index contributed by atoms with van der Waals surface area (Å²) in [5.74, 6) is 0.428. The van der Waals surface area contributed by atoms with Crippen LogP contribution in [0.5, 0.6) is 5.75 Å². The molecule has 4 rings (SSSR count). The molecule has 0 amide bonds. The van der Waals surface area contributed by atoms with E-state index in [1.807, 2.05) is 0 Å². The minimum absolute atomic E-state index is 0.151. The molecule has 0 aliphatic carbocycles. The number of phenolic OH excluding ortho intramolecular Hbond substituents is 1. The fraction of sp³-hybridized carbons (Fsp3) is 0.333. The second-order valence-corrected chi connectivity index (χ2v) is 10.3. The van der Waals surface area contributed by atoms with Crippen molar-refractivity contribution in [3.05, 3.63) is 71.4 Å². The van der Waals surface area contributed by atoms with E-state index in [0.29, 0.717) is 5.75 Å². The second kappa shape index (κ2) is 6.38. The summed E-state index contributed by atoms with van der Waals surface area (Å²) in [6.07, 6.45) is 2.14. The van der Waals surface area contributed by atoms with Gasteiger partial charge in [0.2, 0.25) is 0 Å². The van der Waals surface area contributed by atoms with Crippen molar-refractivity contribution in [3.8, 4) is 16.9 Å². The molecule has 0 bridgehead atoms. The molecule has 0 fully saturated rings. The van der Waals surface area contributed by atoms with Gasteiger partial charge in [-0.3, -0.25) is 0 Å². The molecule has 29 heavy (non-hydrogen) atoms. The van der Waals surface area contributed by atoms with E-state index >= 15 is 0 Å². The van der Waals surface area contributed by atoms with E-state index in [1.54, 1.807) is 0 Å². The predicted octanol–water partition coefficient (Wildman–Crippen LogP) is 7.37. The molecule has 0 radical (unpaired) electrons. The molecule has 150 valence electrons. The van der Waals surface area contributed by atoms with Crippen molar-refractivity contribution in [1.82, 2.24) is 4.40 Å². The topological polar surface area (TPSA) is 24.6 Å². The summed E-state index contributed by atoms with van der Waals surface area (Å²) < 4.78 is 2.28. The summed E-state index contributed by atoms with van der Waals surface area (Å²) in [6.45, 7) is 15.1. The highest BCUT2D eigenvalue weighted by molar-refractivity contribution is 6.06. The standard InChI is InChI=1S/C27H31NO/c1-17-11-12-19-23(14-17)28-13-9-8-10-22(28)24(19)18-15-20(26(2,3)4)25(29)21(16-18)27(5,6)7/h8-16,29H,1-7H3. The first-order chi connectivity index (χ1) is 13.5. The Balaban J connectivity index is 2.16. The summed E-state index contributed by atoms with van der Waals surface area (Å²) in [4.78, 5) is 0. The molecule has 2 nitrogen and oxygen atoms in total. The quantitative estimate of drug-likeness (QED) is 0.363. The minimum Gasteiger partial charge on any atom is -0.507 e. The second-order valence-electron chi connectivity index (χ2n) is 10.3. The van der Waals surface area contributed by atoms with Gasteiger partial charge < -0.3 is 9.51 Å². The summed E-state index contributed by atoms with van der Waals surface area (Å²) in [6, 6.07) is 17.4. The van der Waals surface area contributed by atoms with Crippen LogP contribution in [0.3, 0.4) is 0 Å². The Bertz CT molecular complexity index is 1190. The Labute approximate surface area is 173 Å². The van der Waals surface area contributed by atoms with Crippen LogP contribution in [0, 0.1) is 6.92 Å². The van der Waals surface area contributed by atoms with Crippen LogP contribution in [0.25, 0.3) is 27.5 Å². The van der Waals surface area contributed by atoms with Crippen molar-refractivity contribution in [1.29, 1.82) is 0 Å². The Kier molecular flexibility index (Phi) is 4.31. The van der Waals surface area contributed by atoms with Gasteiger partial charge in [0.25, 0.3) is 0 Å². The smallest absolute Gasteiger partial charge is 0.123 e. The van der Waals surface area contributed by atoms with Crippen molar-refractivity contribution in [2.45, 2.75) is 59.3 Å². The number of aromatic nitrogens is 1. The fourth-order valence-corrected chi connectivity index (χ4v) is 4.27. The molecule has 0 spiro atoms. The first-order valence-corrected chi connectivity index (χ1v) is 10.4. The first-order valence-electron chi connectivity index (χ1n) is 10.4. The van der Waals surface area contributed by atoms with Gasteiger partial charge in [-0.15, -0.1) is 0 Å². The van der Waals surface area contributed by atoms with Gasteiger partial charge in [-0.1, -0.05) is 59.7 Å². The fourth-order valence-electron chi connectivity index (χ4n) is 4.27. The Hall–Kier alpha value is -2.74. The molecule has 0 atom stereocenters. The molecular weight excluding hydrogens is 354 g/mol. The van der Waals surface area contributed by atoms with E-state index in [0.717, 1.165) is 11.1 Å².